The summed E-state index contributed by atoms with van der Waals surface area (Å²) >= 11 is 0. The topological polar surface area (TPSA) is 64.6 Å². The summed E-state index contributed by atoms with van der Waals surface area (Å²) in [6.45, 7) is 49.1. The molecule has 0 aliphatic carbocycles. The molecule has 0 saturated heterocycles. The molecule has 4 unspecified atom stereocenters. The van der Waals surface area contributed by atoms with Crippen LogP contribution < -0.4 is 19.6 Å². The molecule has 0 radical (unpaired) electrons. The number of aromatic nitrogens is 3. The second-order valence-electron chi connectivity index (χ2n) is 14.7. The highest BCUT2D eigenvalue weighted by molar-refractivity contribution is 5.58. The van der Waals surface area contributed by atoms with Crippen molar-refractivity contribution in [2.75, 3.05) is 47.8 Å². The van der Waals surface area contributed by atoms with Gasteiger partial charge in [-0.15, -0.1) is 0 Å². The van der Waals surface area contributed by atoms with E-state index in [-0.39, 0.29) is 0 Å². The highest BCUT2D eigenvalue weighted by atomic mass is 15.4. The fourth-order valence-electron chi connectivity index (χ4n) is 6.70. The molecule has 8 rings (SSSR count). The second kappa shape index (κ2) is 43.8. The SMILES string of the molecule is CC.CC.CC.CC.CC.CC.CC.CC.Cc1ccccc1N1C=CN(C)C1C.Cc1ccncc1N1C=CN(C)C1C.Cc1cnccc1N1C=CN(C)C1C.Cc1ncccc1N1C=CN(C)C1C. The molecule has 4 aliphatic heterocycles. The molecule has 7 heterocycles. The standard InChI is InChI=1S/C12H16N2.3C11H15N3.8C2H6/c1-10-6-4-5-7-12(10)14-9-8-13(3)11(14)2;1-9-8-12-5-4-11(9)14-7-6-13(3)10(14)2;1-9-4-5-12-8-11(9)14-7-6-13(3)10(14)2;1-9-11(5-4-6-12-9)14-8-7-13(3)10(14)2;8*1-2/h4-9,11H,1-3H3;3*4-8,10H,1-3H3;8*1-2H3. The Kier molecular flexibility index (Phi) is 44.1. The van der Waals surface area contributed by atoms with Gasteiger partial charge in [0.25, 0.3) is 0 Å². The monoisotopic (exact) mass is 996 g/mol. The normalized spacial score (nSPS) is 16.7. The Labute approximate surface area is 445 Å². The smallest absolute Gasteiger partial charge is 0.102 e. The number of pyridine rings is 3. The number of hydrogen-bond donors (Lipinski definition) is 0. The van der Waals surface area contributed by atoms with E-state index >= 15 is 0 Å². The van der Waals surface area contributed by atoms with Crippen LogP contribution in [0.5, 0.6) is 0 Å². The van der Waals surface area contributed by atoms with Gasteiger partial charge in [0.2, 0.25) is 0 Å². The van der Waals surface area contributed by atoms with E-state index in [2.05, 4.69) is 217 Å². The number of aryl methyl sites for hydroxylation is 4. The van der Waals surface area contributed by atoms with Crippen molar-refractivity contribution in [3.63, 3.8) is 0 Å². The van der Waals surface area contributed by atoms with E-state index in [0.29, 0.717) is 24.7 Å². The van der Waals surface area contributed by atoms with E-state index in [1.807, 2.05) is 161 Å². The first-order valence-corrected chi connectivity index (χ1v) is 27.3. The van der Waals surface area contributed by atoms with Crippen LogP contribution in [-0.4, -0.2) is 87.4 Å². The highest BCUT2D eigenvalue weighted by Gasteiger charge is 2.24. The van der Waals surface area contributed by atoms with Gasteiger partial charge in [-0.05, 0) is 102 Å². The van der Waals surface area contributed by atoms with Gasteiger partial charge in [0, 0.05) is 114 Å². The quantitative estimate of drug-likeness (QED) is 0.196. The number of nitrogens with zero attached hydrogens (tertiary/aromatic N) is 11. The van der Waals surface area contributed by atoms with Crippen molar-refractivity contribution in [2.45, 2.75) is 191 Å². The van der Waals surface area contributed by atoms with Crippen molar-refractivity contribution in [2.24, 2.45) is 0 Å². The maximum Gasteiger partial charge on any atom is 0.102 e. The molecule has 4 atom stereocenters. The highest BCUT2D eigenvalue weighted by Crippen LogP contribution is 2.28. The summed E-state index contributed by atoms with van der Waals surface area (Å²) < 4.78 is 0. The summed E-state index contributed by atoms with van der Waals surface area (Å²) in [5.74, 6) is 0. The molecule has 0 N–H and O–H groups in total. The molecule has 408 valence electrons. The summed E-state index contributed by atoms with van der Waals surface area (Å²) in [6.07, 6.45) is 27.6. The average Bonchev–Trinajstić information content (AvgIpc) is 4.18. The zero-order valence-electron chi connectivity index (χ0n) is 51.4. The van der Waals surface area contributed by atoms with Gasteiger partial charge >= 0.3 is 0 Å². The minimum Gasteiger partial charge on any atom is -0.359 e. The third-order valence-corrected chi connectivity index (χ3v) is 11.0. The third kappa shape index (κ3) is 22.6. The molecule has 11 heteroatoms. The second-order valence-corrected chi connectivity index (χ2v) is 14.7. The van der Waals surface area contributed by atoms with Crippen molar-refractivity contribution in [3.8, 4) is 0 Å². The van der Waals surface area contributed by atoms with Crippen LogP contribution in [0.4, 0.5) is 22.7 Å². The van der Waals surface area contributed by atoms with Crippen LogP contribution >= 0.6 is 0 Å². The van der Waals surface area contributed by atoms with Gasteiger partial charge in [-0.2, -0.15) is 0 Å². The number of hydrogen-bond acceptors (Lipinski definition) is 11. The van der Waals surface area contributed by atoms with Crippen LogP contribution in [-0.2, 0) is 0 Å². The maximum atomic E-state index is 4.29. The first-order valence-electron chi connectivity index (χ1n) is 27.3. The Morgan fingerprint density at radius 1 is 0.319 bits per heavy atom. The summed E-state index contributed by atoms with van der Waals surface area (Å²) in [6, 6.07) is 16.6. The molecule has 0 spiro atoms. The van der Waals surface area contributed by atoms with E-state index in [4.69, 9.17) is 0 Å². The van der Waals surface area contributed by atoms with Crippen molar-refractivity contribution in [1.29, 1.82) is 0 Å². The lowest BCUT2D eigenvalue weighted by atomic mass is 10.2. The Morgan fingerprint density at radius 3 is 0.986 bits per heavy atom. The van der Waals surface area contributed by atoms with Crippen LogP contribution in [0.25, 0.3) is 0 Å². The van der Waals surface area contributed by atoms with Crippen LogP contribution in [0.3, 0.4) is 0 Å². The molecule has 0 bridgehead atoms. The maximum absolute atomic E-state index is 4.29. The number of rotatable bonds is 4. The predicted molar refractivity (Wildman–Crippen MR) is 324 cm³/mol. The number of para-hydroxylation sites is 1. The Hall–Kier alpha value is -5.97. The third-order valence-electron chi connectivity index (χ3n) is 11.0. The van der Waals surface area contributed by atoms with E-state index < -0.39 is 0 Å². The molecule has 4 aliphatic rings. The molecule has 0 saturated carbocycles. The van der Waals surface area contributed by atoms with Crippen molar-refractivity contribution >= 4 is 22.7 Å². The molecule has 72 heavy (non-hydrogen) atoms. The van der Waals surface area contributed by atoms with Gasteiger partial charge in [-0.3, -0.25) is 15.0 Å². The minimum atomic E-state index is 0.373. The minimum absolute atomic E-state index is 0.373. The van der Waals surface area contributed by atoms with Crippen molar-refractivity contribution < 1.29 is 0 Å². The van der Waals surface area contributed by atoms with Crippen LogP contribution in [0.2, 0.25) is 0 Å². The van der Waals surface area contributed by atoms with E-state index in [1.54, 1.807) is 0 Å². The number of anilines is 4. The van der Waals surface area contributed by atoms with Gasteiger partial charge in [0.05, 0.1) is 23.3 Å². The number of benzene rings is 1. The Bertz CT molecular complexity index is 1730. The van der Waals surface area contributed by atoms with Crippen LogP contribution in [0, 0.1) is 27.7 Å². The lowest BCUT2D eigenvalue weighted by Gasteiger charge is -2.28. The molecule has 3 aromatic heterocycles. The lowest BCUT2D eigenvalue weighted by molar-refractivity contribution is 0.383. The molecule has 0 amide bonds. The van der Waals surface area contributed by atoms with Gasteiger partial charge in [0.1, 0.15) is 24.7 Å². The Morgan fingerprint density at radius 2 is 0.639 bits per heavy atom. The van der Waals surface area contributed by atoms with Crippen LogP contribution in [0.1, 0.15) is 161 Å². The first kappa shape index (κ1) is 72.6. The molecule has 4 aromatic rings. The van der Waals surface area contributed by atoms with E-state index in [1.165, 1.54) is 39.4 Å². The van der Waals surface area contributed by atoms with Gasteiger partial charge < -0.3 is 39.2 Å². The van der Waals surface area contributed by atoms with E-state index in [9.17, 15) is 0 Å². The zero-order valence-corrected chi connectivity index (χ0v) is 51.4. The summed E-state index contributed by atoms with van der Waals surface area (Å²) in [4.78, 5) is 30.3. The summed E-state index contributed by atoms with van der Waals surface area (Å²) in [5, 5.41) is 0. The zero-order chi connectivity index (χ0) is 56.5. The first-order chi connectivity index (χ1) is 34.8. The molecular weight excluding hydrogens is 887 g/mol. The average molecular weight is 997 g/mol. The molecule has 11 nitrogen and oxygen atoms in total. The Balaban J connectivity index is -0.000000391. The van der Waals surface area contributed by atoms with E-state index in [0.717, 1.165) is 5.69 Å². The van der Waals surface area contributed by atoms with Crippen LogP contribution in [0.15, 0.2) is 129 Å². The fourth-order valence-corrected chi connectivity index (χ4v) is 6.70. The van der Waals surface area contributed by atoms with Gasteiger partial charge in [-0.25, -0.2) is 0 Å². The lowest BCUT2D eigenvalue weighted by Crippen LogP contribution is -2.33. The van der Waals surface area contributed by atoms with Gasteiger partial charge in [-0.1, -0.05) is 129 Å². The molecule has 0 fully saturated rings. The van der Waals surface area contributed by atoms with Crippen molar-refractivity contribution in [1.82, 2.24) is 34.6 Å². The van der Waals surface area contributed by atoms with Crippen molar-refractivity contribution in [3.05, 3.63) is 151 Å². The molecular formula is C61H109N11. The largest absolute Gasteiger partial charge is 0.359 e. The fraction of sp³-hybridized carbons (Fsp3) is 0.525. The molecule has 1 aromatic carbocycles. The predicted octanol–water partition coefficient (Wildman–Crippen LogP) is 16.7. The summed E-state index contributed by atoms with van der Waals surface area (Å²) in [5.41, 5.74) is 9.74. The summed E-state index contributed by atoms with van der Waals surface area (Å²) in [7, 11) is 8.33. The van der Waals surface area contributed by atoms with Gasteiger partial charge in [0.15, 0.2) is 0 Å².